The number of hydrogen-bond donors (Lipinski definition) is 0. The van der Waals surface area contributed by atoms with Gasteiger partial charge in [-0.25, -0.2) is 12.2 Å². The molecule has 0 aromatic heterocycles. The first-order valence-corrected chi connectivity index (χ1v) is 1.72. The van der Waals surface area contributed by atoms with Crippen LogP contribution in [0.2, 0.25) is 0 Å². The van der Waals surface area contributed by atoms with Gasteiger partial charge in [0, 0.05) is 0 Å². The van der Waals surface area contributed by atoms with Crippen molar-refractivity contribution < 1.29 is 19.8 Å². The minimum absolute atomic E-state index is 0. The molecule has 0 aromatic rings. The number of hydrogen-bond acceptors (Lipinski definition) is 0. The third-order valence-corrected chi connectivity index (χ3v) is 0.586. The number of allylic oxidation sites excluding steroid dienone is 4. The van der Waals surface area contributed by atoms with E-state index in [9.17, 15) is 0 Å². The van der Waals surface area contributed by atoms with Gasteiger partial charge in [0.2, 0.25) is 0 Å². The summed E-state index contributed by atoms with van der Waals surface area (Å²) in [7, 11) is 0. The Morgan fingerprint density at radius 3 is 2.29 bits per heavy atom. The molecule has 0 fully saturated rings. The van der Waals surface area contributed by atoms with Gasteiger partial charge in [-0.2, -0.15) is 6.08 Å². The molecule has 0 N–H and O–H groups in total. The molecule has 1 rings (SSSR count). The van der Waals surface area contributed by atoms with Gasteiger partial charge in [0.15, 0.2) is 0 Å². The smallest absolute Gasteiger partial charge is 0.358 e. The first-order valence-electron chi connectivity index (χ1n) is 1.72. The predicted molar refractivity (Wildman–Crippen MR) is 28.0 cm³/mol. The van der Waals surface area contributed by atoms with Gasteiger partial charge in [-0.1, -0.05) is 0 Å². The Balaban J connectivity index is 0. The molecular weight excluding hydrogens is 262 g/mol. The maximum atomic E-state index is 2.99. The van der Waals surface area contributed by atoms with Crippen LogP contribution in [0.1, 0.15) is 6.42 Å². The molecule has 0 aliphatic heterocycles. The van der Waals surface area contributed by atoms with E-state index >= 15 is 0 Å². The topological polar surface area (TPSA) is 0 Å². The van der Waals surface area contributed by atoms with Crippen molar-refractivity contribution in [1.29, 1.82) is 0 Å². The summed E-state index contributed by atoms with van der Waals surface area (Å²) in [5.74, 6) is 0. The average Bonchev–Trinajstić information content (AvgIpc) is 1.76. The van der Waals surface area contributed by atoms with Crippen LogP contribution in [0.3, 0.4) is 0 Å². The molecule has 1 aliphatic carbocycles. The second-order valence-corrected chi connectivity index (χ2v) is 1.00. The second-order valence-electron chi connectivity index (χ2n) is 1.00. The van der Waals surface area contributed by atoms with Gasteiger partial charge in [0.25, 0.3) is 0 Å². The Labute approximate surface area is 58.4 Å². The summed E-state index contributed by atoms with van der Waals surface area (Å²) in [6.45, 7) is 0. The molecular formula is C6H8Os. The van der Waals surface area contributed by atoms with Crippen molar-refractivity contribution in [3.63, 3.8) is 0 Å². The zero-order valence-electron chi connectivity index (χ0n) is 4.29. The van der Waals surface area contributed by atoms with Gasteiger partial charge < -0.3 is 7.43 Å². The van der Waals surface area contributed by atoms with Crippen molar-refractivity contribution in [1.82, 2.24) is 0 Å². The van der Waals surface area contributed by atoms with Crippen LogP contribution in [0.15, 0.2) is 18.2 Å². The quantitative estimate of drug-likeness (QED) is 0.588. The maximum Gasteiger partial charge on any atom is 2.00 e. The van der Waals surface area contributed by atoms with Crippen molar-refractivity contribution in [2.45, 2.75) is 6.42 Å². The van der Waals surface area contributed by atoms with E-state index in [1.165, 1.54) is 0 Å². The van der Waals surface area contributed by atoms with E-state index in [0.717, 1.165) is 6.42 Å². The van der Waals surface area contributed by atoms with Gasteiger partial charge in [-0.15, -0.1) is 6.42 Å². The molecule has 0 unspecified atom stereocenters. The van der Waals surface area contributed by atoms with Gasteiger partial charge in [-0.3, -0.25) is 6.08 Å². The van der Waals surface area contributed by atoms with Crippen LogP contribution < -0.4 is 0 Å². The molecule has 0 saturated carbocycles. The Hall–Kier alpha value is 0.116. The zero-order valence-corrected chi connectivity index (χ0v) is 6.83. The molecule has 0 nitrogen and oxygen atoms in total. The van der Waals surface area contributed by atoms with E-state index in [1.807, 2.05) is 12.2 Å². The van der Waals surface area contributed by atoms with Crippen LogP contribution in [0.25, 0.3) is 0 Å². The van der Waals surface area contributed by atoms with E-state index < -0.39 is 0 Å². The first kappa shape index (κ1) is 10.2. The Bertz CT molecular complexity index is 62.2. The Kier molecular flexibility index (Phi) is 8.89. The van der Waals surface area contributed by atoms with Crippen molar-refractivity contribution in [2.24, 2.45) is 0 Å². The standard InChI is InChI=1S/C5H5.CH3.Os/c1-2-4-5-3-1;;/h1-3H,4H2;1H3;/q2*-1;+2. The Morgan fingerprint density at radius 1 is 1.43 bits per heavy atom. The van der Waals surface area contributed by atoms with Crippen molar-refractivity contribution in [2.75, 3.05) is 0 Å². The minimum Gasteiger partial charge on any atom is -0.358 e. The van der Waals surface area contributed by atoms with Crippen LogP contribution in [0, 0.1) is 13.5 Å². The molecule has 0 heterocycles. The van der Waals surface area contributed by atoms with Gasteiger partial charge in [0.1, 0.15) is 0 Å². The molecule has 1 heteroatoms. The van der Waals surface area contributed by atoms with Crippen LogP contribution in [0.4, 0.5) is 0 Å². The normalized spacial score (nSPS) is 12.6. The zero-order chi connectivity index (χ0) is 3.54. The van der Waals surface area contributed by atoms with Gasteiger partial charge in [0.05, 0.1) is 0 Å². The van der Waals surface area contributed by atoms with E-state index in [4.69, 9.17) is 0 Å². The van der Waals surface area contributed by atoms with Crippen LogP contribution in [-0.2, 0) is 19.8 Å². The average molecular weight is 270 g/mol. The SMILES string of the molecule is [C-]1=CC=CC1.[CH3-].[Os+2]. The molecule has 1 aliphatic rings. The molecule has 0 bridgehead atoms. The fourth-order valence-corrected chi connectivity index (χ4v) is 0.340. The van der Waals surface area contributed by atoms with E-state index in [0.29, 0.717) is 0 Å². The monoisotopic (exact) mass is 272 g/mol. The fourth-order valence-electron chi connectivity index (χ4n) is 0.340. The third kappa shape index (κ3) is 3.96. The second kappa shape index (κ2) is 6.12. The minimum atomic E-state index is 0. The van der Waals surface area contributed by atoms with Crippen molar-refractivity contribution in [3.8, 4) is 0 Å². The van der Waals surface area contributed by atoms with Crippen molar-refractivity contribution in [3.05, 3.63) is 31.7 Å². The van der Waals surface area contributed by atoms with Crippen LogP contribution in [-0.4, -0.2) is 0 Å². The summed E-state index contributed by atoms with van der Waals surface area (Å²) in [5, 5.41) is 0. The summed E-state index contributed by atoms with van der Waals surface area (Å²) in [6.07, 6.45) is 10.0. The first-order chi connectivity index (χ1) is 2.50. The summed E-state index contributed by atoms with van der Waals surface area (Å²) in [5.41, 5.74) is 0. The predicted octanol–water partition coefficient (Wildman–Crippen LogP) is 1.75. The van der Waals surface area contributed by atoms with E-state index in [1.54, 1.807) is 0 Å². The molecule has 40 valence electrons. The summed E-state index contributed by atoms with van der Waals surface area (Å²) < 4.78 is 0. The summed E-state index contributed by atoms with van der Waals surface area (Å²) >= 11 is 0. The Morgan fingerprint density at radius 2 is 2.14 bits per heavy atom. The van der Waals surface area contributed by atoms with Gasteiger partial charge in [-0.05, 0) is 0 Å². The van der Waals surface area contributed by atoms with Crippen molar-refractivity contribution >= 4 is 0 Å². The third-order valence-electron chi connectivity index (χ3n) is 0.586. The molecule has 0 radical (unpaired) electrons. The summed E-state index contributed by atoms with van der Waals surface area (Å²) in [4.78, 5) is 0. The molecule has 7 heavy (non-hydrogen) atoms. The summed E-state index contributed by atoms with van der Waals surface area (Å²) in [6, 6.07) is 0. The van der Waals surface area contributed by atoms with Crippen LogP contribution >= 0.6 is 0 Å². The fraction of sp³-hybridized carbons (Fsp3) is 0.167. The van der Waals surface area contributed by atoms with E-state index in [2.05, 4.69) is 12.2 Å². The number of rotatable bonds is 0. The van der Waals surface area contributed by atoms with Crippen LogP contribution in [0.5, 0.6) is 0 Å². The molecule has 0 amide bonds. The maximum absolute atomic E-state index is 2.99. The van der Waals surface area contributed by atoms with E-state index in [-0.39, 0.29) is 27.2 Å². The molecule has 0 spiro atoms. The molecule has 0 atom stereocenters. The molecule has 0 aromatic carbocycles. The largest absolute Gasteiger partial charge is 2.00 e. The van der Waals surface area contributed by atoms with Gasteiger partial charge >= 0.3 is 19.8 Å². The molecule has 0 saturated heterocycles.